The number of rotatable bonds is 9. The van der Waals surface area contributed by atoms with E-state index in [0.717, 1.165) is 10.2 Å². The van der Waals surface area contributed by atoms with Gasteiger partial charge in [-0.25, -0.2) is 18.2 Å². The molecule has 0 aliphatic carbocycles. The van der Waals surface area contributed by atoms with Crippen molar-refractivity contribution in [2.45, 2.75) is 56.9 Å². The fourth-order valence-electron chi connectivity index (χ4n) is 5.83. The van der Waals surface area contributed by atoms with Gasteiger partial charge < -0.3 is 15.0 Å². The molecule has 9 nitrogen and oxygen atoms in total. The van der Waals surface area contributed by atoms with Gasteiger partial charge >= 0.3 is 5.97 Å². The number of nitrogens with zero attached hydrogens (tertiary/aromatic N) is 2. The fourth-order valence-corrected chi connectivity index (χ4v) is 8.24. The second-order valence-corrected chi connectivity index (χ2v) is 14.6. The second kappa shape index (κ2) is 12.3. The number of likely N-dealkylation sites (tertiary alicyclic amines) is 1. The van der Waals surface area contributed by atoms with Gasteiger partial charge in [0.2, 0.25) is 15.9 Å². The highest BCUT2D eigenvalue weighted by molar-refractivity contribution is 7.89. The first-order valence-electron chi connectivity index (χ1n) is 14.2. The van der Waals surface area contributed by atoms with Crippen molar-refractivity contribution < 1.29 is 27.1 Å². The summed E-state index contributed by atoms with van der Waals surface area (Å²) in [5.41, 5.74) is 1.81. The van der Waals surface area contributed by atoms with Crippen LogP contribution in [0.25, 0.3) is 10.2 Å². The monoisotopic (exact) mass is 616 g/mol. The summed E-state index contributed by atoms with van der Waals surface area (Å²) in [6.45, 7) is 5.08. The number of alkyl halides is 1. The molecule has 12 heteroatoms. The summed E-state index contributed by atoms with van der Waals surface area (Å²) in [7, 11) is -2.93. The van der Waals surface area contributed by atoms with Crippen molar-refractivity contribution in [3.8, 4) is 0 Å². The minimum Gasteiger partial charge on any atom is -0.465 e. The maximum Gasteiger partial charge on any atom is 0.338 e. The van der Waals surface area contributed by atoms with Crippen LogP contribution in [0.4, 0.5) is 10.1 Å². The number of ether oxygens (including phenoxy) is 1. The van der Waals surface area contributed by atoms with Crippen molar-refractivity contribution in [2.75, 3.05) is 38.7 Å². The number of para-hydroxylation sites is 1. The number of esters is 1. The molecule has 2 aliphatic heterocycles. The molecule has 2 N–H and O–H groups in total. The van der Waals surface area contributed by atoms with Gasteiger partial charge in [-0.1, -0.05) is 26.0 Å². The van der Waals surface area contributed by atoms with E-state index < -0.39 is 22.0 Å². The number of methoxy groups -OCH3 is 1. The number of hydrogen-bond donors (Lipinski definition) is 2. The van der Waals surface area contributed by atoms with Gasteiger partial charge in [0.05, 0.1) is 40.3 Å². The lowest BCUT2D eigenvalue weighted by Crippen LogP contribution is -2.51. The van der Waals surface area contributed by atoms with Gasteiger partial charge in [0.15, 0.2) is 0 Å². The molecular formula is C30H37FN4O5S2. The van der Waals surface area contributed by atoms with E-state index in [0.29, 0.717) is 67.1 Å². The maximum absolute atomic E-state index is 14.0. The fraction of sp³-hybridized carbons (Fsp3) is 0.500. The minimum absolute atomic E-state index is 0.0237. The quantitative estimate of drug-likeness (QED) is 0.339. The van der Waals surface area contributed by atoms with E-state index in [4.69, 9.17) is 4.74 Å². The zero-order valence-corrected chi connectivity index (χ0v) is 25.7. The highest BCUT2D eigenvalue weighted by Gasteiger charge is 2.37. The van der Waals surface area contributed by atoms with Crippen LogP contribution >= 0.6 is 11.3 Å². The number of aromatic nitrogens is 1. The number of carbonyl (C=O) groups excluding carboxylic acids is 2. The molecule has 0 bridgehead atoms. The number of fused-ring (bicyclic) bond motifs is 2. The predicted octanol–water partition coefficient (Wildman–Crippen LogP) is 4.56. The lowest BCUT2D eigenvalue weighted by molar-refractivity contribution is -0.134. The molecule has 226 valence electrons. The van der Waals surface area contributed by atoms with Crippen LogP contribution in [0.5, 0.6) is 0 Å². The summed E-state index contributed by atoms with van der Waals surface area (Å²) in [6, 6.07) is 9.39. The Kier molecular flexibility index (Phi) is 8.86. The van der Waals surface area contributed by atoms with Crippen molar-refractivity contribution in [1.82, 2.24) is 14.6 Å². The Morgan fingerprint density at radius 2 is 1.95 bits per heavy atom. The van der Waals surface area contributed by atoms with Crippen LogP contribution in [0.15, 0.2) is 41.3 Å². The van der Waals surface area contributed by atoms with Crippen LogP contribution in [0, 0.1) is 11.3 Å². The van der Waals surface area contributed by atoms with Crippen LogP contribution < -0.4 is 10.0 Å². The number of amides is 1. The number of sulfonamides is 1. The average Bonchev–Trinajstić information content (AvgIpc) is 3.38. The lowest BCUT2D eigenvalue weighted by Gasteiger charge is -2.35. The predicted molar refractivity (Wildman–Crippen MR) is 161 cm³/mol. The number of thiazole rings is 1. The molecule has 1 saturated heterocycles. The molecule has 5 rings (SSSR count). The third-order valence-electron chi connectivity index (χ3n) is 8.12. The van der Waals surface area contributed by atoms with Crippen LogP contribution in [0.2, 0.25) is 0 Å². The zero-order valence-electron chi connectivity index (χ0n) is 24.1. The van der Waals surface area contributed by atoms with Crippen molar-refractivity contribution >= 4 is 49.1 Å². The standard InChI is InChI=1S/C30H37FN4O5S2/c1-30(2)17-21-20(29(37)40-3)8-9-25(27(21)32-18-30)42(38,39)34-23(16-26-33-22-6-4-5-7-24(22)41-26)28(36)35-14-11-19(10-13-31)12-15-35/h4-9,19,23,32,34H,10-18H2,1-3H3/t23-/m0/s1. The third kappa shape index (κ3) is 6.45. The molecule has 3 aromatic rings. The largest absolute Gasteiger partial charge is 0.465 e. The van der Waals surface area contributed by atoms with Gasteiger partial charge in [-0.15, -0.1) is 11.3 Å². The van der Waals surface area contributed by atoms with Crippen LogP contribution in [0.3, 0.4) is 0 Å². The molecule has 0 unspecified atom stereocenters. The van der Waals surface area contributed by atoms with Crippen LogP contribution in [-0.4, -0.2) is 69.6 Å². The molecule has 1 aromatic heterocycles. The van der Waals surface area contributed by atoms with E-state index >= 15 is 0 Å². The summed E-state index contributed by atoms with van der Waals surface area (Å²) in [6.07, 6.45) is 2.40. The Balaban J connectivity index is 1.48. The van der Waals surface area contributed by atoms with E-state index in [1.165, 1.54) is 30.6 Å². The Morgan fingerprint density at radius 1 is 1.21 bits per heavy atom. The Hall–Kier alpha value is -3.09. The summed E-state index contributed by atoms with van der Waals surface area (Å²) < 4.78 is 49.5. The second-order valence-electron chi connectivity index (χ2n) is 11.9. The van der Waals surface area contributed by atoms with E-state index in [2.05, 4.69) is 15.0 Å². The normalized spacial score (nSPS) is 17.9. The van der Waals surface area contributed by atoms with Gasteiger partial charge in [0.1, 0.15) is 10.9 Å². The minimum atomic E-state index is -4.23. The van der Waals surface area contributed by atoms with Crippen molar-refractivity contribution in [1.29, 1.82) is 0 Å². The Bertz CT molecular complexity index is 1550. The number of carbonyl (C=O) groups is 2. The number of nitrogens with one attached hydrogen (secondary N) is 2. The van der Waals surface area contributed by atoms with Gasteiger partial charge in [0.25, 0.3) is 0 Å². The highest BCUT2D eigenvalue weighted by Crippen LogP contribution is 2.39. The molecule has 0 spiro atoms. The van der Waals surface area contributed by atoms with Crippen LogP contribution in [0.1, 0.15) is 54.0 Å². The summed E-state index contributed by atoms with van der Waals surface area (Å²) in [5.74, 6) is -0.651. The SMILES string of the molecule is COC(=O)c1ccc(S(=O)(=O)N[C@@H](Cc2nc3ccccc3s2)C(=O)N2CCC(CCF)CC2)c2c1CC(C)(C)CN2. The van der Waals surface area contributed by atoms with Crippen molar-refractivity contribution in [3.05, 3.63) is 52.5 Å². The number of hydrogen-bond acceptors (Lipinski definition) is 8. The molecule has 1 amide bonds. The molecule has 1 atom stereocenters. The maximum atomic E-state index is 14.0. The summed E-state index contributed by atoms with van der Waals surface area (Å²) >= 11 is 1.43. The highest BCUT2D eigenvalue weighted by atomic mass is 32.2. The summed E-state index contributed by atoms with van der Waals surface area (Å²) in [4.78, 5) is 32.7. The van der Waals surface area contributed by atoms with E-state index in [9.17, 15) is 22.4 Å². The number of anilines is 1. The topological polar surface area (TPSA) is 118 Å². The van der Waals surface area contributed by atoms with E-state index in [1.54, 1.807) is 4.90 Å². The van der Waals surface area contributed by atoms with Crippen molar-refractivity contribution in [3.63, 3.8) is 0 Å². The molecule has 3 heterocycles. The molecule has 2 aliphatic rings. The van der Waals surface area contributed by atoms with Crippen LogP contribution in [-0.2, 0) is 32.4 Å². The van der Waals surface area contributed by atoms with Gasteiger partial charge in [-0.2, -0.15) is 4.72 Å². The third-order valence-corrected chi connectivity index (χ3v) is 10.7. The Labute approximate surface area is 249 Å². The zero-order chi connectivity index (χ0) is 30.1. The number of piperidine rings is 1. The first-order valence-corrected chi connectivity index (χ1v) is 16.5. The van der Waals surface area contributed by atoms with E-state index in [1.807, 2.05) is 38.1 Å². The number of benzene rings is 2. The molecule has 1 fully saturated rings. The lowest BCUT2D eigenvalue weighted by atomic mass is 9.80. The van der Waals surface area contributed by atoms with Gasteiger partial charge in [0, 0.05) is 26.1 Å². The molecule has 42 heavy (non-hydrogen) atoms. The molecular weight excluding hydrogens is 579 g/mol. The van der Waals surface area contributed by atoms with Gasteiger partial charge in [-0.05, 0) is 66.8 Å². The molecule has 0 saturated carbocycles. The first-order chi connectivity index (χ1) is 20.0. The summed E-state index contributed by atoms with van der Waals surface area (Å²) in [5, 5.41) is 3.88. The first kappa shape index (κ1) is 30.4. The van der Waals surface area contributed by atoms with Crippen molar-refractivity contribution in [2.24, 2.45) is 11.3 Å². The van der Waals surface area contributed by atoms with E-state index in [-0.39, 0.29) is 35.2 Å². The Morgan fingerprint density at radius 3 is 2.64 bits per heavy atom. The average molecular weight is 617 g/mol. The smallest absolute Gasteiger partial charge is 0.338 e. The van der Waals surface area contributed by atoms with Gasteiger partial charge in [-0.3, -0.25) is 9.18 Å². The number of halogens is 1. The molecule has 0 radical (unpaired) electrons. The molecule has 2 aromatic carbocycles.